The Bertz CT molecular complexity index is 321. The van der Waals surface area contributed by atoms with Gasteiger partial charge in [-0.2, -0.15) is 0 Å². The third kappa shape index (κ3) is 5.14. The van der Waals surface area contributed by atoms with Gasteiger partial charge >= 0.3 is 0 Å². The van der Waals surface area contributed by atoms with Gasteiger partial charge in [0, 0.05) is 12.0 Å². The molecule has 0 aliphatic heterocycles. The molecule has 0 saturated carbocycles. The minimum Gasteiger partial charge on any atom is -0.304 e. The van der Waals surface area contributed by atoms with Crippen LogP contribution in [-0.2, 0) is 0 Å². The summed E-state index contributed by atoms with van der Waals surface area (Å²) in [6, 6.07) is 9.57. The zero-order valence-electron chi connectivity index (χ0n) is 11.0. The van der Waals surface area contributed by atoms with Gasteiger partial charge in [-0.15, -0.1) is 0 Å². The molecular weight excluding hydrogens is 210 g/mol. The molecule has 0 radical (unpaired) electrons. The van der Waals surface area contributed by atoms with Crippen LogP contribution in [0.15, 0.2) is 30.3 Å². The Morgan fingerprint density at radius 2 is 1.82 bits per heavy atom. The van der Waals surface area contributed by atoms with Crippen LogP contribution in [0, 0.1) is 0 Å². The van der Waals surface area contributed by atoms with Crippen molar-refractivity contribution in [3.63, 3.8) is 0 Å². The van der Waals surface area contributed by atoms with Crippen LogP contribution < -0.4 is 0 Å². The topological polar surface area (TPSA) is 20.3 Å². The number of hydrogen-bond acceptors (Lipinski definition) is 2. The van der Waals surface area contributed by atoms with Crippen molar-refractivity contribution in [3.8, 4) is 0 Å². The van der Waals surface area contributed by atoms with E-state index in [0.717, 1.165) is 31.6 Å². The smallest absolute Gasteiger partial charge is 0.162 e. The summed E-state index contributed by atoms with van der Waals surface area (Å²) in [6.45, 7) is 7.61. The summed E-state index contributed by atoms with van der Waals surface area (Å²) in [6.07, 6.45) is 2.80. The van der Waals surface area contributed by atoms with E-state index in [1.54, 1.807) is 0 Å². The molecule has 0 bridgehead atoms. The van der Waals surface area contributed by atoms with Gasteiger partial charge in [-0.3, -0.25) is 4.79 Å². The third-order valence-corrected chi connectivity index (χ3v) is 2.96. The van der Waals surface area contributed by atoms with Gasteiger partial charge in [-0.25, -0.2) is 0 Å². The Morgan fingerprint density at radius 1 is 1.12 bits per heavy atom. The minimum atomic E-state index is 0.262. The number of hydrogen-bond donors (Lipinski definition) is 0. The van der Waals surface area contributed by atoms with E-state index in [-0.39, 0.29) is 5.78 Å². The number of benzene rings is 1. The van der Waals surface area contributed by atoms with E-state index >= 15 is 0 Å². The van der Waals surface area contributed by atoms with Crippen molar-refractivity contribution in [3.05, 3.63) is 35.9 Å². The average Bonchev–Trinajstić information content (AvgIpc) is 2.38. The zero-order chi connectivity index (χ0) is 12.5. The molecule has 0 atom stereocenters. The maximum Gasteiger partial charge on any atom is 0.162 e. The predicted octanol–water partition coefficient (Wildman–Crippen LogP) is 3.38. The van der Waals surface area contributed by atoms with Crippen LogP contribution >= 0.6 is 0 Å². The van der Waals surface area contributed by atoms with Crippen LogP contribution in [0.5, 0.6) is 0 Å². The lowest BCUT2D eigenvalue weighted by Crippen LogP contribution is -2.25. The van der Waals surface area contributed by atoms with Crippen molar-refractivity contribution < 1.29 is 4.79 Å². The number of nitrogens with zero attached hydrogens (tertiary/aromatic N) is 1. The van der Waals surface area contributed by atoms with Crippen LogP contribution in [-0.4, -0.2) is 30.3 Å². The standard InChI is InChI=1S/C15H23NO/c1-3-12-16(4-2)13-8-11-15(17)14-9-6-5-7-10-14/h5-7,9-10H,3-4,8,11-13H2,1-2H3. The van der Waals surface area contributed by atoms with E-state index < -0.39 is 0 Å². The molecule has 0 heterocycles. The van der Waals surface area contributed by atoms with Crippen molar-refractivity contribution in [2.45, 2.75) is 33.1 Å². The first kappa shape index (κ1) is 13.9. The van der Waals surface area contributed by atoms with Crippen LogP contribution in [0.25, 0.3) is 0 Å². The van der Waals surface area contributed by atoms with Crippen molar-refractivity contribution in [2.75, 3.05) is 19.6 Å². The second kappa shape index (κ2) is 8.02. The Morgan fingerprint density at radius 3 is 2.41 bits per heavy atom. The van der Waals surface area contributed by atoms with E-state index in [1.165, 1.54) is 6.42 Å². The molecule has 94 valence electrons. The Hall–Kier alpha value is -1.15. The fraction of sp³-hybridized carbons (Fsp3) is 0.533. The van der Waals surface area contributed by atoms with Gasteiger partial charge in [0.15, 0.2) is 5.78 Å². The van der Waals surface area contributed by atoms with Crippen molar-refractivity contribution in [1.82, 2.24) is 4.90 Å². The summed E-state index contributed by atoms with van der Waals surface area (Å²) >= 11 is 0. The van der Waals surface area contributed by atoms with Gasteiger partial charge in [0.05, 0.1) is 0 Å². The van der Waals surface area contributed by atoms with Crippen molar-refractivity contribution in [1.29, 1.82) is 0 Å². The van der Waals surface area contributed by atoms with Crippen LogP contribution in [0.4, 0.5) is 0 Å². The lowest BCUT2D eigenvalue weighted by molar-refractivity contribution is 0.0975. The highest BCUT2D eigenvalue weighted by molar-refractivity contribution is 5.95. The van der Waals surface area contributed by atoms with Crippen LogP contribution in [0.1, 0.15) is 43.5 Å². The highest BCUT2D eigenvalue weighted by Gasteiger charge is 2.06. The first-order valence-corrected chi connectivity index (χ1v) is 6.58. The lowest BCUT2D eigenvalue weighted by Gasteiger charge is -2.18. The van der Waals surface area contributed by atoms with E-state index in [9.17, 15) is 4.79 Å². The van der Waals surface area contributed by atoms with Gasteiger partial charge in [-0.05, 0) is 32.5 Å². The summed E-state index contributed by atoms with van der Waals surface area (Å²) in [5.41, 5.74) is 0.839. The van der Waals surface area contributed by atoms with E-state index in [2.05, 4.69) is 18.7 Å². The Balaban J connectivity index is 2.29. The fourth-order valence-electron chi connectivity index (χ4n) is 1.98. The second-order valence-corrected chi connectivity index (χ2v) is 4.33. The first-order chi connectivity index (χ1) is 8.27. The maximum atomic E-state index is 11.9. The summed E-state index contributed by atoms with van der Waals surface area (Å²) in [4.78, 5) is 14.3. The molecule has 0 aliphatic carbocycles. The average molecular weight is 233 g/mol. The quantitative estimate of drug-likeness (QED) is 0.642. The molecule has 0 spiro atoms. The van der Waals surface area contributed by atoms with Gasteiger partial charge in [0.1, 0.15) is 0 Å². The highest BCUT2D eigenvalue weighted by atomic mass is 16.1. The van der Waals surface area contributed by atoms with Gasteiger partial charge < -0.3 is 4.90 Å². The summed E-state index contributed by atoms with van der Waals surface area (Å²) in [5.74, 6) is 0.262. The fourth-order valence-corrected chi connectivity index (χ4v) is 1.98. The molecule has 0 amide bonds. The molecular formula is C15H23NO. The highest BCUT2D eigenvalue weighted by Crippen LogP contribution is 2.06. The van der Waals surface area contributed by atoms with Gasteiger partial charge in [0.2, 0.25) is 0 Å². The molecule has 0 N–H and O–H groups in total. The van der Waals surface area contributed by atoms with Crippen molar-refractivity contribution >= 4 is 5.78 Å². The van der Waals surface area contributed by atoms with Crippen LogP contribution in [0.3, 0.4) is 0 Å². The molecule has 2 heteroatoms. The summed E-state index contributed by atoms with van der Waals surface area (Å²) in [7, 11) is 0. The zero-order valence-corrected chi connectivity index (χ0v) is 11.0. The second-order valence-electron chi connectivity index (χ2n) is 4.33. The Kier molecular flexibility index (Phi) is 6.56. The van der Waals surface area contributed by atoms with Crippen LogP contribution in [0.2, 0.25) is 0 Å². The number of ketones is 1. The molecule has 1 aromatic rings. The SMILES string of the molecule is CCCN(CC)CCCC(=O)c1ccccc1. The largest absolute Gasteiger partial charge is 0.304 e. The van der Waals surface area contributed by atoms with Crippen molar-refractivity contribution in [2.24, 2.45) is 0 Å². The number of carbonyl (C=O) groups excluding carboxylic acids is 1. The Labute approximate surface area is 105 Å². The number of Topliss-reactive ketones (excluding diaryl/α,β-unsaturated/α-hetero) is 1. The normalized spacial score (nSPS) is 10.8. The number of carbonyl (C=O) groups is 1. The maximum absolute atomic E-state index is 11.9. The monoisotopic (exact) mass is 233 g/mol. The van der Waals surface area contributed by atoms with E-state index in [0.29, 0.717) is 6.42 Å². The minimum absolute atomic E-state index is 0.262. The molecule has 1 rings (SSSR count). The molecule has 1 aromatic carbocycles. The predicted molar refractivity (Wildman–Crippen MR) is 72.4 cm³/mol. The molecule has 0 fully saturated rings. The van der Waals surface area contributed by atoms with E-state index in [1.807, 2.05) is 30.3 Å². The number of rotatable bonds is 8. The molecule has 0 saturated heterocycles. The molecule has 2 nitrogen and oxygen atoms in total. The summed E-state index contributed by atoms with van der Waals surface area (Å²) < 4.78 is 0. The molecule has 0 aromatic heterocycles. The van der Waals surface area contributed by atoms with Gasteiger partial charge in [-0.1, -0.05) is 44.2 Å². The third-order valence-electron chi connectivity index (χ3n) is 2.96. The van der Waals surface area contributed by atoms with Gasteiger partial charge in [0.25, 0.3) is 0 Å². The summed E-state index contributed by atoms with van der Waals surface area (Å²) in [5, 5.41) is 0. The molecule has 17 heavy (non-hydrogen) atoms. The molecule has 0 aliphatic rings. The lowest BCUT2D eigenvalue weighted by atomic mass is 10.1. The first-order valence-electron chi connectivity index (χ1n) is 6.58. The molecule has 0 unspecified atom stereocenters. The van der Waals surface area contributed by atoms with E-state index in [4.69, 9.17) is 0 Å².